The van der Waals surface area contributed by atoms with Gasteiger partial charge in [0.15, 0.2) is 0 Å². The van der Waals surface area contributed by atoms with Gasteiger partial charge in [0.05, 0.1) is 5.69 Å². The number of nitrogens with zero attached hydrogens (tertiary/aromatic N) is 3. The molecule has 23 heavy (non-hydrogen) atoms. The fourth-order valence-corrected chi connectivity index (χ4v) is 3.20. The number of benzene rings is 1. The van der Waals surface area contributed by atoms with Gasteiger partial charge in [-0.1, -0.05) is 30.3 Å². The number of hydrogen-bond donors (Lipinski definition) is 1. The molecule has 0 saturated carbocycles. The van der Waals surface area contributed by atoms with Crippen molar-refractivity contribution in [2.24, 2.45) is 13.0 Å². The van der Waals surface area contributed by atoms with Crippen LogP contribution in [0.25, 0.3) is 0 Å². The first-order chi connectivity index (χ1) is 11.1. The van der Waals surface area contributed by atoms with Crippen LogP contribution in [0.1, 0.15) is 24.1 Å². The van der Waals surface area contributed by atoms with Gasteiger partial charge in [-0.05, 0) is 37.7 Å². The number of hydrogen-bond acceptors (Lipinski definition) is 2. The number of piperidine rings is 1. The summed E-state index contributed by atoms with van der Waals surface area (Å²) in [4.78, 5) is 14.3. The topological polar surface area (TPSA) is 50.2 Å². The zero-order valence-corrected chi connectivity index (χ0v) is 13.8. The summed E-state index contributed by atoms with van der Waals surface area (Å²) in [6.07, 6.45) is 3.23. The molecule has 1 N–H and O–H groups in total. The van der Waals surface area contributed by atoms with Crippen molar-refractivity contribution in [3.63, 3.8) is 0 Å². The number of aryl methyl sites for hydroxylation is 2. The smallest absolute Gasteiger partial charge is 0.322 e. The third kappa shape index (κ3) is 3.92. The van der Waals surface area contributed by atoms with Crippen LogP contribution in [0.4, 0.5) is 10.6 Å². The number of rotatable bonds is 3. The average Bonchev–Trinajstić information content (AvgIpc) is 2.86. The standard InChI is InChI=1S/C18H24N4O/c1-14-12-17(21(2)20-14)19-18(23)22-10-8-16(9-11-22)13-15-6-4-3-5-7-15/h3-7,12,16H,8-11,13H2,1-2H3,(H,19,23). The van der Waals surface area contributed by atoms with Crippen molar-refractivity contribution in [1.29, 1.82) is 0 Å². The van der Waals surface area contributed by atoms with E-state index in [1.54, 1.807) is 4.68 Å². The van der Waals surface area contributed by atoms with E-state index in [-0.39, 0.29) is 6.03 Å². The Morgan fingerprint density at radius 1 is 1.26 bits per heavy atom. The van der Waals surface area contributed by atoms with E-state index in [1.165, 1.54) is 5.56 Å². The lowest BCUT2D eigenvalue weighted by Gasteiger charge is -2.32. The summed E-state index contributed by atoms with van der Waals surface area (Å²) in [7, 11) is 1.84. The molecule has 1 aliphatic rings. The van der Waals surface area contributed by atoms with Gasteiger partial charge in [-0.2, -0.15) is 5.10 Å². The minimum Gasteiger partial charge on any atom is -0.324 e. The van der Waals surface area contributed by atoms with E-state index < -0.39 is 0 Å². The lowest BCUT2D eigenvalue weighted by molar-refractivity contribution is 0.182. The molecule has 0 atom stereocenters. The molecule has 1 saturated heterocycles. The molecule has 0 bridgehead atoms. The van der Waals surface area contributed by atoms with E-state index in [4.69, 9.17) is 0 Å². The van der Waals surface area contributed by atoms with Gasteiger partial charge in [0.1, 0.15) is 5.82 Å². The molecule has 5 heteroatoms. The summed E-state index contributed by atoms with van der Waals surface area (Å²) >= 11 is 0. The van der Waals surface area contributed by atoms with Crippen molar-refractivity contribution in [3.05, 3.63) is 47.7 Å². The highest BCUT2D eigenvalue weighted by Crippen LogP contribution is 2.22. The van der Waals surface area contributed by atoms with Gasteiger partial charge < -0.3 is 4.90 Å². The van der Waals surface area contributed by atoms with E-state index in [9.17, 15) is 4.79 Å². The van der Waals surface area contributed by atoms with E-state index >= 15 is 0 Å². The predicted octanol–water partition coefficient (Wildman–Crippen LogP) is 3.22. The van der Waals surface area contributed by atoms with Crippen molar-refractivity contribution in [2.75, 3.05) is 18.4 Å². The van der Waals surface area contributed by atoms with Crippen LogP contribution in [0.15, 0.2) is 36.4 Å². The summed E-state index contributed by atoms with van der Waals surface area (Å²) in [6, 6.07) is 12.5. The average molecular weight is 312 g/mol. The highest BCUT2D eigenvalue weighted by Gasteiger charge is 2.23. The normalized spacial score (nSPS) is 15.7. The summed E-state index contributed by atoms with van der Waals surface area (Å²) in [5, 5.41) is 7.20. The largest absolute Gasteiger partial charge is 0.324 e. The van der Waals surface area contributed by atoms with E-state index in [2.05, 4.69) is 40.7 Å². The van der Waals surface area contributed by atoms with E-state index in [0.717, 1.165) is 43.9 Å². The second-order valence-corrected chi connectivity index (χ2v) is 6.34. The first-order valence-electron chi connectivity index (χ1n) is 8.22. The SMILES string of the molecule is Cc1cc(NC(=O)N2CCC(Cc3ccccc3)CC2)n(C)n1. The Morgan fingerprint density at radius 3 is 2.57 bits per heavy atom. The second-order valence-electron chi connectivity index (χ2n) is 6.34. The molecule has 1 aromatic heterocycles. The van der Waals surface area contributed by atoms with Crippen LogP contribution in [0, 0.1) is 12.8 Å². The summed E-state index contributed by atoms with van der Waals surface area (Å²) in [5.74, 6) is 1.42. The maximum Gasteiger partial charge on any atom is 0.322 e. The van der Waals surface area contributed by atoms with Crippen molar-refractivity contribution in [2.45, 2.75) is 26.2 Å². The fraction of sp³-hybridized carbons (Fsp3) is 0.444. The summed E-state index contributed by atoms with van der Waals surface area (Å²) in [5.41, 5.74) is 2.30. The molecule has 2 heterocycles. The molecule has 3 rings (SSSR count). The first-order valence-corrected chi connectivity index (χ1v) is 8.22. The van der Waals surface area contributed by atoms with Crippen LogP contribution in [0.3, 0.4) is 0 Å². The van der Waals surface area contributed by atoms with Crippen molar-refractivity contribution in [3.8, 4) is 0 Å². The summed E-state index contributed by atoms with van der Waals surface area (Å²) in [6.45, 7) is 3.56. The lowest BCUT2D eigenvalue weighted by Crippen LogP contribution is -2.41. The van der Waals surface area contributed by atoms with Gasteiger partial charge >= 0.3 is 6.03 Å². The molecule has 0 radical (unpaired) electrons. The molecule has 1 aromatic carbocycles. The Labute approximate surface area is 137 Å². The minimum atomic E-state index is -0.0221. The van der Waals surface area contributed by atoms with Crippen LogP contribution in [-0.4, -0.2) is 33.8 Å². The highest BCUT2D eigenvalue weighted by atomic mass is 16.2. The van der Waals surface area contributed by atoms with Crippen molar-refractivity contribution < 1.29 is 4.79 Å². The Morgan fingerprint density at radius 2 is 1.96 bits per heavy atom. The minimum absolute atomic E-state index is 0.0221. The van der Waals surface area contributed by atoms with E-state index in [1.807, 2.05) is 24.9 Å². The number of carbonyl (C=O) groups is 1. The van der Waals surface area contributed by atoms with E-state index in [0.29, 0.717) is 5.92 Å². The highest BCUT2D eigenvalue weighted by molar-refractivity contribution is 5.88. The van der Waals surface area contributed by atoms with Crippen molar-refractivity contribution >= 4 is 11.8 Å². The Balaban J connectivity index is 1.50. The molecule has 5 nitrogen and oxygen atoms in total. The molecule has 1 fully saturated rings. The Bertz CT molecular complexity index is 657. The molecular formula is C18H24N4O. The third-order valence-electron chi connectivity index (χ3n) is 4.51. The number of likely N-dealkylation sites (tertiary alicyclic amines) is 1. The van der Waals surface area contributed by atoms with Crippen LogP contribution >= 0.6 is 0 Å². The van der Waals surface area contributed by atoms with Crippen LogP contribution < -0.4 is 5.32 Å². The Kier molecular flexibility index (Phi) is 4.65. The maximum absolute atomic E-state index is 12.4. The maximum atomic E-state index is 12.4. The van der Waals surface area contributed by atoms with Crippen LogP contribution in [0.5, 0.6) is 0 Å². The van der Waals surface area contributed by atoms with Gasteiger partial charge in [0.25, 0.3) is 0 Å². The number of nitrogens with one attached hydrogen (secondary N) is 1. The van der Waals surface area contributed by atoms with Gasteiger partial charge in [-0.15, -0.1) is 0 Å². The molecule has 0 spiro atoms. The third-order valence-corrected chi connectivity index (χ3v) is 4.51. The molecule has 1 aliphatic heterocycles. The van der Waals surface area contributed by atoms with Crippen LogP contribution in [0.2, 0.25) is 0 Å². The van der Waals surface area contributed by atoms with Gasteiger partial charge in [0, 0.05) is 26.2 Å². The quantitative estimate of drug-likeness (QED) is 0.946. The van der Waals surface area contributed by atoms with Gasteiger partial charge in [0.2, 0.25) is 0 Å². The first kappa shape index (κ1) is 15.6. The lowest BCUT2D eigenvalue weighted by atomic mass is 9.90. The molecule has 2 amide bonds. The Hall–Kier alpha value is -2.30. The molecular weight excluding hydrogens is 288 g/mol. The predicted molar refractivity (Wildman–Crippen MR) is 91.4 cm³/mol. The number of aromatic nitrogens is 2. The van der Waals surface area contributed by atoms with Gasteiger partial charge in [-0.3, -0.25) is 10.00 Å². The van der Waals surface area contributed by atoms with Gasteiger partial charge in [-0.25, -0.2) is 4.79 Å². The monoisotopic (exact) mass is 312 g/mol. The molecule has 0 aliphatic carbocycles. The number of urea groups is 1. The number of carbonyl (C=O) groups excluding carboxylic acids is 1. The molecule has 122 valence electrons. The second kappa shape index (κ2) is 6.86. The van der Waals surface area contributed by atoms with Crippen LogP contribution in [-0.2, 0) is 13.5 Å². The zero-order valence-electron chi connectivity index (χ0n) is 13.8. The number of anilines is 1. The zero-order chi connectivity index (χ0) is 16.2. The molecule has 0 unspecified atom stereocenters. The fourth-order valence-electron chi connectivity index (χ4n) is 3.20. The molecule has 2 aromatic rings. The summed E-state index contributed by atoms with van der Waals surface area (Å²) < 4.78 is 1.70. The van der Waals surface area contributed by atoms with Crippen molar-refractivity contribution in [1.82, 2.24) is 14.7 Å². The number of amides is 2.